The van der Waals surface area contributed by atoms with Crippen molar-refractivity contribution >= 4 is 46.5 Å². The minimum Gasteiger partial charge on any atom is -0.454 e. The van der Waals surface area contributed by atoms with E-state index in [1.54, 1.807) is 17.5 Å². The number of halogens is 4. The number of likely N-dealkylation sites (tertiary alicyclic amines) is 1. The summed E-state index contributed by atoms with van der Waals surface area (Å²) in [6, 6.07) is 3.21. The molecular weight excluding hydrogens is 447 g/mol. The van der Waals surface area contributed by atoms with Crippen molar-refractivity contribution < 1.29 is 32.3 Å². The predicted octanol–water partition coefficient (Wildman–Crippen LogP) is 3.60. The molecule has 0 aliphatic carbocycles. The Labute approximate surface area is 177 Å². The van der Waals surface area contributed by atoms with E-state index < -0.39 is 41.3 Å². The van der Waals surface area contributed by atoms with Crippen LogP contribution in [0.2, 0.25) is 5.02 Å². The molecule has 3 rings (SSSR count). The largest absolute Gasteiger partial charge is 0.454 e. The number of nitrogens with one attached hydrogen (secondary N) is 1. The molecule has 1 aliphatic heterocycles. The summed E-state index contributed by atoms with van der Waals surface area (Å²) in [7, 11) is 0. The van der Waals surface area contributed by atoms with E-state index >= 15 is 0 Å². The maximum Gasteiger partial charge on any atom is 0.417 e. The Morgan fingerprint density at radius 1 is 1.37 bits per heavy atom. The molecule has 0 saturated carbocycles. The van der Waals surface area contributed by atoms with E-state index in [4.69, 9.17) is 16.3 Å². The second kappa shape index (κ2) is 9.00. The van der Waals surface area contributed by atoms with Gasteiger partial charge in [0.25, 0.3) is 11.8 Å². The number of amides is 2. The highest BCUT2D eigenvalue weighted by Gasteiger charge is 2.36. The molecule has 1 atom stereocenters. The summed E-state index contributed by atoms with van der Waals surface area (Å²) >= 11 is 6.98. The van der Waals surface area contributed by atoms with Crippen molar-refractivity contribution in [1.82, 2.24) is 9.88 Å². The normalized spacial score (nSPS) is 16.4. The average molecular weight is 462 g/mol. The van der Waals surface area contributed by atoms with Crippen molar-refractivity contribution in [2.45, 2.75) is 25.1 Å². The molecule has 12 heteroatoms. The first kappa shape index (κ1) is 22.0. The lowest BCUT2D eigenvalue weighted by molar-refractivity contribution is -0.151. The minimum absolute atomic E-state index is 0.283. The number of esters is 1. The van der Waals surface area contributed by atoms with Crippen molar-refractivity contribution in [3.63, 3.8) is 0 Å². The molecule has 7 nitrogen and oxygen atoms in total. The summed E-state index contributed by atoms with van der Waals surface area (Å²) in [5, 5.41) is 3.53. The molecule has 2 aromatic rings. The molecule has 160 valence electrons. The first-order chi connectivity index (χ1) is 14.2. The topological polar surface area (TPSA) is 88.6 Å². The van der Waals surface area contributed by atoms with E-state index in [1.807, 2.05) is 0 Å². The molecule has 1 fully saturated rings. The lowest BCUT2D eigenvalue weighted by Gasteiger charge is -2.22. The fourth-order valence-electron chi connectivity index (χ4n) is 2.88. The zero-order chi connectivity index (χ0) is 21.9. The average Bonchev–Trinajstić information content (AvgIpc) is 3.38. The number of thiophene rings is 1. The Balaban J connectivity index is 1.55. The van der Waals surface area contributed by atoms with E-state index in [-0.39, 0.29) is 11.7 Å². The number of ether oxygens (including phenoxy) is 1. The summed E-state index contributed by atoms with van der Waals surface area (Å²) < 4.78 is 42.9. The lowest BCUT2D eigenvalue weighted by Crippen LogP contribution is -2.41. The maximum absolute atomic E-state index is 12.6. The van der Waals surface area contributed by atoms with Crippen LogP contribution >= 0.6 is 22.9 Å². The van der Waals surface area contributed by atoms with Gasteiger partial charge in [-0.2, -0.15) is 13.2 Å². The van der Waals surface area contributed by atoms with Gasteiger partial charge in [0.05, 0.1) is 15.5 Å². The molecule has 0 bridgehead atoms. The maximum atomic E-state index is 12.6. The van der Waals surface area contributed by atoms with Crippen LogP contribution in [-0.4, -0.2) is 46.9 Å². The van der Waals surface area contributed by atoms with Gasteiger partial charge in [-0.25, -0.2) is 9.78 Å². The van der Waals surface area contributed by atoms with Crippen molar-refractivity contribution in [3.8, 4) is 0 Å². The number of pyridine rings is 1. The second-order valence-corrected chi connectivity index (χ2v) is 7.70. The zero-order valence-electron chi connectivity index (χ0n) is 15.2. The Kier molecular flexibility index (Phi) is 6.61. The molecular formula is C18H15ClF3N3O4S. The van der Waals surface area contributed by atoms with Crippen molar-refractivity contribution in [1.29, 1.82) is 0 Å². The SMILES string of the molecule is O=C(COC(=O)[C@@H]1CCCN1C(=O)c1cccs1)Nc1ncc(C(F)(F)F)cc1Cl. The van der Waals surface area contributed by atoms with Gasteiger partial charge in [0, 0.05) is 12.7 Å². The van der Waals surface area contributed by atoms with E-state index in [0.717, 1.165) is 0 Å². The highest BCUT2D eigenvalue weighted by molar-refractivity contribution is 7.12. The summed E-state index contributed by atoms with van der Waals surface area (Å²) in [6.07, 6.45) is -3.07. The minimum atomic E-state index is -4.62. The monoisotopic (exact) mass is 461 g/mol. The molecule has 0 aromatic carbocycles. The molecule has 1 N–H and O–H groups in total. The fraction of sp³-hybridized carbons (Fsp3) is 0.333. The van der Waals surface area contributed by atoms with Crippen LogP contribution < -0.4 is 5.32 Å². The van der Waals surface area contributed by atoms with Crippen LogP contribution in [-0.2, 0) is 20.5 Å². The predicted molar refractivity (Wildman–Crippen MR) is 102 cm³/mol. The van der Waals surface area contributed by atoms with Crippen LogP contribution in [0.25, 0.3) is 0 Å². The number of alkyl halides is 3. The number of aromatic nitrogens is 1. The molecule has 1 saturated heterocycles. The van der Waals surface area contributed by atoms with Crippen molar-refractivity contribution in [3.05, 3.63) is 45.2 Å². The third-order valence-corrected chi connectivity index (χ3v) is 5.44. The zero-order valence-corrected chi connectivity index (χ0v) is 16.8. The number of carbonyl (C=O) groups excluding carboxylic acids is 3. The Morgan fingerprint density at radius 2 is 2.13 bits per heavy atom. The second-order valence-electron chi connectivity index (χ2n) is 6.34. The third kappa shape index (κ3) is 5.08. The number of rotatable bonds is 5. The summed E-state index contributed by atoms with van der Waals surface area (Å²) in [5.74, 6) is -2.14. The first-order valence-corrected chi connectivity index (χ1v) is 9.96. The van der Waals surface area contributed by atoms with Crippen LogP contribution in [0, 0.1) is 0 Å². The van der Waals surface area contributed by atoms with Gasteiger partial charge < -0.3 is 15.0 Å². The molecule has 1 aliphatic rings. The van der Waals surface area contributed by atoms with E-state index in [2.05, 4.69) is 10.3 Å². The molecule has 30 heavy (non-hydrogen) atoms. The number of hydrogen-bond acceptors (Lipinski definition) is 6. The number of nitrogens with zero attached hydrogens (tertiary/aromatic N) is 2. The standard InChI is InChI=1S/C18H15ClF3N3O4S/c19-11-7-10(18(20,21)22)8-23-15(11)24-14(26)9-29-17(28)12-3-1-5-25(12)16(27)13-4-2-6-30-13/h2,4,6-8,12H,1,3,5,9H2,(H,23,24,26)/t12-/m0/s1. The summed E-state index contributed by atoms with van der Waals surface area (Å²) in [4.78, 5) is 42.2. The highest BCUT2D eigenvalue weighted by Crippen LogP contribution is 2.32. The number of carbonyl (C=O) groups is 3. The molecule has 2 aromatic heterocycles. The molecule has 3 heterocycles. The lowest BCUT2D eigenvalue weighted by atomic mass is 10.2. The quantitative estimate of drug-likeness (QED) is 0.687. The Hall–Kier alpha value is -2.66. The van der Waals surface area contributed by atoms with Gasteiger partial charge in [-0.05, 0) is 30.4 Å². The van der Waals surface area contributed by atoms with Crippen LogP contribution in [0.15, 0.2) is 29.8 Å². The van der Waals surface area contributed by atoms with Crippen molar-refractivity contribution in [2.75, 3.05) is 18.5 Å². The van der Waals surface area contributed by atoms with Crippen LogP contribution in [0.1, 0.15) is 28.1 Å². The van der Waals surface area contributed by atoms with Gasteiger partial charge in [-0.15, -0.1) is 11.3 Å². The van der Waals surface area contributed by atoms with Gasteiger partial charge in [-0.1, -0.05) is 17.7 Å². The van der Waals surface area contributed by atoms with E-state index in [9.17, 15) is 27.6 Å². The fourth-order valence-corrected chi connectivity index (χ4v) is 3.78. The van der Waals surface area contributed by atoms with Gasteiger partial charge in [0.15, 0.2) is 12.4 Å². The summed E-state index contributed by atoms with van der Waals surface area (Å²) in [5.41, 5.74) is -1.06. The molecule has 0 radical (unpaired) electrons. The van der Waals surface area contributed by atoms with Crippen LogP contribution in [0.4, 0.5) is 19.0 Å². The Morgan fingerprint density at radius 3 is 2.77 bits per heavy atom. The number of anilines is 1. The molecule has 2 amide bonds. The van der Waals surface area contributed by atoms with Gasteiger partial charge in [0.1, 0.15) is 6.04 Å². The Bertz CT molecular complexity index is 953. The number of hydrogen-bond donors (Lipinski definition) is 1. The van der Waals surface area contributed by atoms with Crippen molar-refractivity contribution in [2.24, 2.45) is 0 Å². The third-order valence-electron chi connectivity index (χ3n) is 4.29. The summed E-state index contributed by atoms with van der Waals surface area (Å²) in [6.45, 7) is -0.302. The van der Waals surface area contributed by atoms with E-state index in [0.29, 0.717) is 36.5 Å². The molecule has 0 unspecified atom stereocenters. The van der Waals surface area contributed by atoms with Crippen LogP contribution in [0.5, 0.6) is 0 Å². The van der Waals surface area contributed by atoms with Gasteiger partial charge in [-0.3, -0.25) is 9.59 Å². The van der Waals surface area contributed by atoms with E-state index in [1.165, 1.54) is 16.2 Å². The van der Waals surface area contributed by atoms with Gasteiger partial charge >= 0.3 is 12.1 Å². The smallest absolute Gasteiger partial charge is 0.417 e. The molecule has 0 spiro atoms. The van der Waals surface area contributed by atoms with Gasteiger partial charge in [0.2, 0.25) is 0 Å². The van der Waals surface area contributed by atoms with Crippen LogP contribution in [0.3, 0.4) is 0 Å². The first-order valence-electron chi connectivity index (χ1n) is 8.70. The highest BCUT2D eigenvalue weighted by atomic mass is 35.5.